The van der Waals surface area contributed by atoms with Crippen molar-refractivity contribution in [3.8, 4) is 11.5 Å². The number of phenols is 2. The number of halogens is 5. The summed E-state index contributed by atoms with van der Waals surface area (Å²) < 4.78 is 65.6. The molecule has 0 saturated heterocycles. The Hall–Kier alpha value is -2.51. The molecular weight excluding hydrogens is 297 g/mol. The van der Waals surface area contributed by atoms with E-state index in [4.69, 9.17) is 5.11 Å². The predicted molar refractivity (Wildman–Crippen MR) is 63.3 cm³/mol. The number of nitrogens with one attached hydrogen (secondary N) is 1. The molecule has 0 unspecified atom stereocenters. The normalized spacial score (nSPS) is 10.7. The summed E-state index contributed by atoms with van der Waals surface area (Å²) >= 11 is 0. The van der Waals surface area contributed by atoms with Crippen LogP contribution < -0.4 is 5.32 Å². The fourth-order valence-electron chi connectivity index (χ4n) is 1.65. The Balaban J connectivity index is 2.32. The molecule has 0 heterocycles. The molecule has 0 amide bonds. The van der Waals surface area contributed by atoms with Crippen molar-refractivity contribution < 1.29 is 32.2 Å². The minimum atomic E-state index is -2.25. The lowest BCUT2D eigenvalue weighted by molar-refractivity contribution is 0.381. The van der Waals surface area contributed by atoms with Crippen molar-refractivity contribution in [2.45, 2.75) is 6.54 Å². The summed E-state index contributed by atoms with van der Waals surface area (Å²) in [6.45, 7) is -0.412. The fourth-order valence-corrected chi connectivity index (χ4v) is 1.65. The van der Waals surface area contributed by atoms with E-state index in [9.17, 15) is 27.1 Å². The first-order chi connectivity index (χ1) is 9.82. The van der Waals surface area contributed by atoms with Crippen molar-refractivity contribution in [3.05, 3.63) is 52.8 Å². The van der Waals surface area contributed by atoms with Gasteiger partial charge in [-0.15, -0.1) is 0 Å². The van der Waals surface area contributed by atoms with Crippen LogP contribution in [0.15, 0.2) is 18.2 Å². The van der Waals surface area contributed by atoms with Crippen molar-refractivity contribution >= 4 is 5.69 Å². The third kappa shape index (κ3) is 2.69. The van der Waals surface area contributed by atoms with Crippen LogP contribution in [-0.4, -0.2) is 10.2 Å². The van der Waals surface area contributed by atoms with Gasteiger partial charge >= 0.3 is 0 Å². The van der Waals surface area contributed by atoms with Crippen LogP contribution in [-0.2, 0) is 6.54 Å². The van der Waals surface area contributed by atoms with E-state index in [0.717, 1.165) is 6.07 Å². The van der Waals surface area contributed by atoms with Gasteiger partial charge in [0.1, 0.15) is 17.2 Å². The van der Waals surface area contributed by atoms with E-state index in [1.54, 1.807) is 0 Å². The number of hydrogen-bond donors (Lipinski definition) is 3. The number of anilines is 1. The number of aromatic hydroxyl groups is 2. The zero-order valence-electron chi connectivity index (χ0n) is 10.2. The highest BCUT2D eigenvalue weighted by atomic mass is 19.2. The van der Waals surface area contributed by atoms with E-state index in [-0.39, 0.29) is 11.3 Å². The molecule has 2 aromatic carbocycles. The highest BCUT2D eigenvalue weighted by Gasteiger charge is 2.25. The molecule has 21 heavy (non-hydrogen) atoms. The molecule has 2 aromatic rings. The monoisotopic (exact) mass is 305 g/mol. The lowest BCUT2D eigenvalue weighted by Crippen LogP contribution is -2.09. The summed E-state index contributed by atoms with van der Waals surface area (Å²) in [6, 6.07) is 3.38. The molecule has 0 atom stereocenters. The van der Waals surface area contributed by atoms with E-state index in [1.807, 2.05) is 5.32 Å². The quantitative estimate of drug-likeness (QED) is 0.463. The van der Waals surface area contributed by atoms with E-state index >= 15 is 0 Å². The summed E-state index contributed by atoms with van der Waals surface area (Å²) in [5.41, 5.74) is -1.10. The molecule has 3 nitrogen and oxygen atoms in total. The summed E-state index contributed by atoms with van der Waals surface area (Å²) in [5.74, 6) is -11.0. The van der Waals surface area contributed by atoms with Gasteiger partial charge in [-0.3, -0.25) is 0 Å². The van der Waals surface area contributed by atoms with Gasteiger partial charge in [0.05, 0.1) is 0 Å². The molecule has 0 aromatic heterocycles. The van der Waals surface area contributed by atoms with Crippen LogP contribution in [0.2, 0.25) is 0 Å². The van der Waals surface area contributed by atoms with Crippen LogP contribution in [0, 0.1) is 29.1 Å². The zero-order chi connectivity index (χ0) is 15.7. The number of phenolic OH excluding ortho intramolecular Hbond substituents is 2. The first-order valence-corrected chi connectivity index (χ1v) is 5.59. The standard InChI is InChI=1S/C13H8F5NO2/c14-8-9(15)11(17)13(12(18)10(8)16)19-4-5-1-2-6(20)3-7(5)21/h1-3,19-21H,4H2. The Morgan fingerprint density at radius 1 is 0.810 bits per heavy atom. The van der Waals surface area contributed by atoms with Crippen LogP contribution in [0.1, 0.15) is 5.56 Å². The van der Waals surface area contributed by atoms with Crippen LogP contribution in [0.3, 0.4) is 0 Å². The molecule has 8 heteroatoms. The number of benzene rings is 2. The maximum absolute atomic E-state index is 13.4. The fraction of sp³-hybridized carbons (Fsp3) is 0.0769. The molecule has 0 fully saturated rings. The second-order valence-electron chi connectivity index (χ2n) is 4.11. The average molecular weight is 305 g/mol. The smallest absolute Gasteiger partial charge is 0.200 e. The van der Waals surface area contributed by atoms with Crippen molar-refractivity contribution in [3.63, 3.8) is 0 Å². The van der Waals surface area contributed by atoms with Crippen LogP contribution in [0.25, 0.3) is 0 Å². The zero-order valence-corrected chi connectivity index (χ0v) is 10.2. The molecule has 3 N–H and O–H groups in total. The Morgan fingerprint density at radius 3 is 1.86 bits per heavy atom. The Kier molecular flexibility index (Phi) is 3.88. The SMILES string of the molecule is Oc1ccc(CNc2c(F)c(F)c(F)c(F)c2F)c(O)c1. The second-order valence-corrected chi connectivity index (χ2v) is 4.11. The predicted octanol–water partition coefficient (Wildman–Crippen LogP) is 3.41. The molecule has 0 aliphatic rings. The van der Waals surface area contributed by atoms with Crippen molar-refractivity contribution in [1.82, 2.24) is 0 Å². The van der Waals surface area contributed by atoms with Crippen LogP contribution in [0.5, 0.6) is 11.5 Å². The summed E-state index contributed by atoms with van der Waals surface area (Å²) in [6.07, 6.45) is 0. The highest BCUT2D eigenvalue weighted by Crippen LogP contribution is 2.29. The summed E-state index contributed by atoms with van der Waals surface area (Å²) in [5, 5.41) is 20.6. The Labute approximate surface area is 115 Å². The molecular formula is C13H8F5NO2. The van der Waals surface area contributed by atoms with Gasteiger partial charge < -0.3 is 15.5 Å². The molecule has 0 spiro atoms. The minimum Gasteiger partial charge on any atom is -0.508 e. The maximum Gasteiger partial charge on any atom is 0.200 e. The molecule has 0 radical (unpaired) electrons. The Bertz CT molecular complexity index is 676. The minimum absolute atomic E-state index is 0.0942. The Morgan fingerprint density at radius 2 is 1.33 bits per heavy atom. The first kappa shape index (κ1) is 14.9. The van der Waals surface area contributed by atoms with Gasteiger partial charge in [-0.25, -0.2) is 22.0 Å². The third-order valence-corrected chi connectivity index (χ3v) is 2.73. The molecule has 0 aliphatic heterocycles. The van der Waals surface area contributed by atoms with Crippen molar-refractivity contribution in [2.75, 3.05) is 5.32 Å². The van der Waals surface area contributed by atoms with Crippen LogP contribution in [0.4, 0.5) is 27.6 Å². The number of hydrogen-bond acceptors (Lipinski definition) is 3. The highest BCUT2D eigenvalue weighted by molar-refractivity contribution is 5.49. The average Bonchev–Trinajstić information content (AvgIpc) is 2.45. The number of rotatable bonds is 3. The van der Waals surface area contributed by atoms with Gasteiger partial charge in [-0.05, 0) is 12.1 Å². The largest absolute Gasteiger partial charge is 0.508 e. The van der Waals surface area contributed by atoms with E-state index in [2.05, 4.69) is 0 Å². The van der Waals surface area contributed by atoms with Crippen molar-refractivity contribution in [2.24, 2.45) is 0 Å². The van der Waals surface area contributed by atoms with E-state index < -0.39 is 47.1 Å². The van der Waals surface area contributed by atoms with Gasteiger partial charge in [0, 0.05) is 18.2 Å². The van der Waals surface area contributed by atoms with E-state index in [0.29, 0.717) is 0 Å². The van der Waals surface area contributed by atoms with E-state index in [1.165, 1.54) is 12.1 Å². The molecule has 0 bridgehead atoms. The first-order valence-electron chi connectivity index (χ1n) is 5.59. The molecule has 112 valence electrons. The summed E-state index contributed by atoms with van der Waals surface area (Å²) in [4.78, 5) is 0. The van der Waals surface area contributed by atoms with Gasteiger partial charge in [0.25, 0.3) is 0 Å². The van der Waals surface area contributed by atoms with Crippen LogP contribution >= 0.6 is 0 Å². The molecule has 0 saturated carbocycles. The maximum atomic E-state index is 13.4. The third-order valence-electron chi connectivity index (χ3n) is 2.73. The molecule has 0 aliphatic carbocycles. The van der Waals surface area contributed by atoms with Crippen molar-refractivity contribution in [1.29, 1.82) is 0 Å². The molecule has 2 rings (SSSR count). The van der Waals surface area contributed by atoms with Gasteiger partial charge in [0.15, 0.2) is 23.3 Å². The van der Waals surface area contributed by atoms with Gasteiger partial charge in [-0.1, -0.05) is 0 Å². The lowest BCUT2D eigenvalue weighted by atomic mass is 10.1. The second kappa shape index (κ2) is 5.47. The van der Waals surface area contributed by atoms with Gasteiger partial charge in [-0.2, -0.15) is 0 Å². The summed E-state index contributed by atoms with van der Waals surface area (Å²) in [7, 11) is 0. The van der Waals surface area contributed by atoms with Gasteiger partial charge in [0.2, 0.25) is 5.82 Å². The lowest BCUT2D eigenvalue weighted by Gasteiger charge is -2.11. The topological polar surface area (TPSA) is 52.5 Å².